The molecule has 0 fully saturated rings. The van der Waals surface area contributed by atoms with Crippen LogP contribution >= 0.6 is 7.14 Å². The van der Waals surface area contributed by atoms with E-state index in [1.807, 2.05) is 55.5 Å². The van der Waals surface area contributed by atoms with Crippen LogP contribution in [0.1, 0.15) is 5.82 Å². The van der Waals surface area contributed by atoms with E-state index in [2.05, 4.69) is 102 Å². The second-order valence-electron chi connectivity index (χ2n) is 11.6. The van der Waals surface area contributed by atoms with E-state index in [4.69, 9.17) is 4.98 Å². The van der Waals surface area contributed by atoms with Crippen molar-refractivity contribution >= 4 is 55.6 Å². The van der Waals surface area contributed by atoms with Crippen LogP contribution in [-0.4, -0.2) is 9.55 Å². The Hall–Kier alpha value is -5.24. The molecule has 2 heterocycles. The van der Waals surface area contributed by atoms with Crippen LogP contribution in [0.15, 0.2) is 146 Å². The topological polar surface area (TPSA) is 34.9 Å². The molecule has 1 aliphatic heterocycles. The van der Waals surface area contributed by atoms with Gasteiger partial charge in [-0.3, -0.25) is 4.57 Å². The molecule has 1 unspecified atom stereocenters. The van der Waals surface area contributed by atoms with Crippen molar-refractivity contribution in [2.45, 2.75) is 6.92 Å². The van der Waals surface area contributed by atoms with Crippen molar-refractivity contribution < 1.29 is 4.57 Å². The molecule has 0 radical (unpaired) electrons. The van der Waals surface area contributed by atoms with Crippen LogP contribution in [0.3, 0.4) is 0 Å². The highest BCUT2D eigenvalue weighted by atomic mass is 31.2. The van der Waals surface area contributed by atoms with E-state index in [1.54, 1.807) is 0 Å². The summed E-state index contributed by atoms with van der Waals surface area (Å²) < 4.78 is 17.7. The second kappa shape index (κ2) is 9.38. The average Bonchev–Trinajstić information content (AvgIpc) is 3.43. The predicted molar refractivity (Wildman–Crippen MR) is 185 cm³/mol. The van der Waals surface area contributed by atoms with Gasteiger partial charge in [0.25, 0.3) is 0 Å². The van der Waals surface area contributed by atoms with E-state index < -0.39 is 7.14 Å². The first-order valence-electron chi connectivity index (χ1n) is 14.9. The zero-order valence-corrected chi connectivity index (χ0v) is 25.0. The summed E-state index contributed by atoms with van der Waals surface area (Å²) in [5.41, 5.74) is 7.30. The predicted octanol–water partition coefficient (Wildman–Crippen LogP) is 8.93. The molecule has 0 bridgehead atoms. The van der Waals surface area contributed by atoms with Crippen LogP contribution in [0.25, 0.3) is 60.5 Å². The highest BCUT2D eigenvalue weighted by molar-refractivity contribution is 7.86. The largest absolute Gasteiger partial charge is 0.308 e. The van der Waals surface area contributed by atoms with Gasteiger partial charge >= 0.3 is 0 Å². The summed E-state index contributed by atoms with van der Waals surface area (Å²) in [4.78, 5) is 4.84. The highest BCUT2D eigenvalue weighted by Crippen LogP contribution is 2.50. The number of hydrogen-bond acceptors (Lipinski definition) is 2. The molecule has 0 amide bonds. The van der Waals surface area contributed by atoms with Crippen molar-refractivity contribution in [1.29, 1.82) is 0 Å². The summed E-state index contributed by atoms with van der Waals surface area (Å²) >= 11 is 0. The Morgan fingerprint density at radius 3 is 2.07 bits per heavy atom. The second-order valence-corrected chi connectivity index (χ2v) is 14.3. The molecule has 9 rings (SSSR count). The summed E-state index contributed by atoms with van der Waals surface area (Å²) in [5.74, 6) is 0.896. The quantitative estimate of drug-likeness (QED) is 0.154. The van der Waals surface area contributed by atoms with Gasteiger partial charge in [-0.05, 0) is 81.1 Å². The number of benzene rings is 7. The molecular formula is C40H27N2OP. The third-order valence-electron chi connectivity index (χ3n) is 9.13. The number of para-hydroxylation sites is 1. The third-order valence-corrected chi connectivity index (χ3v) is 12.2. The molecule has 3 nitrogen and oxygen atoms in total. The summed E-state index contributed by atoms with van der Waals surface area (Å²) in [6, 6.07) is 50.7. The van der Waals surface area contributed by atoms with Gasteiger partial charge in [-0.15, -0.1) is 0 Å². The van der Waals surface area contributed by atoms with Crippen molar-refractivity contribution in [3.05, 3.63) is 151 Å². The molecule has 1 aliphatic rings. The molecule has 0 saturated carbocycles. The van der Waals surface area contributed by atoms with E-state index in [0.29, 0.717) is 0 Å². The lowest BCUT2D eigenvalue weighted by Gasteiger charge is -2.29. The number of fused-ring (bicyclic) bond motifs is 5. The number of imidazole rings is 1. The van der Waals surface area contributed by atoms with E-state index in [-0.39, 0.29) is 0 Å². The molecule has 0 saturated heterocycles. The van der Waals surface area contributed by atoms with Gasteiger partial charge in [0.1, 0.15) is 5.82 Å². The zero-order chi connectivity index (χ0) is 29.4. The third kappa shape index (κ3) is 3.51. The normalized spacial score (nSPS) is 15.6. The molecule has 7 aromatic carbocycles. The number of nitrogens with zero attached hydrogens (tertiary/aromatic N) is 2. The molecule has 1 atom stereocenters. The SMILES string of the molecule is Cc1nc2cccc3c2n1-c1ccc(-c2ccc(-c4cc5ccccc5c5ccccc45)cc2)cc1P3(=O)c1ccccc1. The van der Waals surface area contributed by atoms with Crippen molar-refractivity contribution in [2.24, 2.45) is 0 Å². The Morgan fingerprint density at radius 2 is 1.25 bits per heavy atom. The van der Waals surface area contributed by atoms with Gasteiger partial charge in [-0.1, -0.05) is 115 Å². The van der Waals surface area contributed by atoms with Gasteiger partial charge in [0.2, 0.25) is 0 Å². The molecule has 4 heteroatoms. The van der Waals surface area contributed by atoms with Gasteiger partial charge in [0.15, 0.2) is 7.14 Å². The van der Waals surface area contributed by atoms with Crippen molar-refractivity contribution in [3.63, 3.8) is 0 Å². The molecule has 8 aromatic rings. The molecule has 0 N–H and O–H groups in total. The van der Waals surface area contributed by atoms with Crippen LogP contribution in [0.2, 0.25) is 0 Å². The summed E-state index contributed by atoms with van der Waals surface area (Å²) in [5, 5.41) is 7.57. The fraction of sp³-hybridized carbons (Fsp3) is 0.0250. The van der Waals surface area contributed by atoms with Crippen molar-refractivity contribution in [1.82, 2.24) is 9.55 Å². The molecule has 208 valence electrons. The smallest absolute Gasteiger partial charge is 0.175 e. The lowest BCUT2D eigenvalue weighted by molar-refractivity contribution is 0.592. The Morgan fingerprint density at radius 1 is 0.568 bits per heavy atom. The van der Waals surface area contributed by atoms with E-state index >= 15 is 4.57 Å². The minimum atomic E-state index is -3.17. The number of aryl methyl sites for hydroxylation is 1. The molecule has 0 aliphatic carbocycles. The average molecular weight is 583 g/mol. The maximum Gasteiger partial charge on any atom is 0.175 e. The van der Waals surface area contributed by atoms with Crippen LogP contribution in [0.5, 0.6) is 0 Å². The Bertz CT molecular complexity index is 2480. The fourth-order valence-electron chi connectivity index (χ4n) is 7.10. The van der Waals surface area contributed by atoms with E-state index in [0.717, 1.165) is 49.6 Å². The molecule has 44 heavy (non-hydrogen) atoms. The van der Waals surface area contributed by atoms with Crippen molar-refractivity contribution in [3.8, 4) is 27.9 Å². The number of rotatable bonds is 3. The maximum atomic E-state index is 15.5. The summed E-state index contributed by atoms with van der Waals surface area (Å²) in [7, 11) is -3.17. The zero-order valence-electron chi connectivity index (χ0n) is 24.1. The van der Waals surface area contributed by atoms with Gasteiger partial charge in [0, 0.05) is 15.9 Å². The minimum Gasteiger partial charge on any atom is -0.308 e. The van der Waals surface area contributed by atoms with Gasteiger partial charge in [-0.25, -0.2) is 4.98 Å². The lowest BCUT2D eigenvalue weighted by Crippen LogP contribution is -2.33. The minimum absolute atomic E-state index is 0.842. The first-order chi connectivity index (χ1) is 21.6. The standard InChI is InChI=1S/C40H27N2OP/c1-26-41-36-16-9-17-38-40(36)42(26)37-23-22-29(25-39(37)44(38,43)31-11-3-2-4-12-31)27-18-20-28(21-19-27)35-24-30-10-5-6-13-32(30)33-14-7-8-15-34(33)35/h2-25H,1H3. The van der Waals surface area contributed by atoms with Gasteiger partial charge in [0.05, 0.1) is 16.7 Å². The molecular weight excluding hydrogens is 555 g/mol. The molecule has 0 spiro atoms. The van der Waals surface area contributed by atoms with Crippen LogP contribution in [-0.2, 0) is 4.57 Å². The first-order valence-corrected chi connectivity index (χ1v) is 16.6. The van der Waals surface area contributed by atoms with Crippen molar-refractivity contribution in [2.75, 3.05) is 0 Å². The van der Waals surface area contributed by atoms with E-state index in [9.17, 15) is 0 Å². The fourth-order valence-corrected chi connectivity index (χ4v) is 10.1. The van der Waals surface area contributed by atoms with E-state index in [1.165, 1.54) is 32.7 Å². The van der Waals surface area contributed by atoms with Crippen LogP contribution < -0.4 is 15.9 Å². The van der Waals surface area contributed by atoms with Crippen LogP contribution in [0, 0.1) is 6.92 Å². The monoisotopic (exact) mass is 582 g/mol. The number of hydrogen-bond donors (Lipinski definition) is 0. The molecule has 1 aromatic heterocycles. The Labute approximate surface area is 255 Å². The van der Waals surface area contributed by atoms with Gasteiger partial charge < -0.3 is 4.57 Å². The lowest BCUT2D eigenvalue weighted by atomic mass is 9.92. The first kappa shape index (κ1) is 25.3. The Balaban J connectivity index is 1.22. The van der Waals surface area contributed by atoms with Gasteiger partial charge in [-0.2, -0.15) is 0 Å². The Kier molecular flexibility index (Phi) is 5.39. The summed E-state index contributed by atoms with van der Waals surface area (Å²) in [6.07, 6.45) is 0. The van der Waals surface area contributed by atoms with Crippen LogP contribution in [0.4, 0.5) is 0 Å². The maximum absolute atomic E-state index is 15.5. The highest BCUT2D eigenvalue weighted by Gasteiger charge is 2.39. The number of aromatic nitrogens is 2. The summed E-state index contributed by atoms with van der Waals surface area (Å²) in [6.45, 7) is 2.02.